The summed E-state index contributed by atoms with van der Waals surface area (Å²) in [6, 6.07) is 6.76. The zero-order valence-corrected chi connectivity index (χ0v) is 21.2. The molecule has 3 aromatic rings. The maximum atomic E-state index is 13.3. The van der Waals surface area contributed by atoms with Crippen LogP contribution in [0.15, 0.2) is 41.7 Å². The van der Waals surface area contributed by atoms with Crippen LogP contribution in [0.2, 0.25) is 0 Å². The molecule has 4 heterocycles. The van der Waals surface area contributed by atoms with Gasteiger partial charge in [-0.25, -0.2) is 18.4 Å². The van der Waals surface area contributed by atoms with E-state index in [9.17, 15) is 13.2 Å². The highest BCUT2D eigenvalue weighted by molar-refractivity contribution is 7.89. The van der Waals surface area contributed by atoms with Gasteiger partial charge in [0.2, 0.25) is 15.9 Å². The number of sulfonamides is 1. The van der Waals surface area contributed by atoms with Crippen LogP contribution in [-0.2, 0) is 14.8 Å². The number of hydrogen-bond acceptors (Lipinski definition) is 8. The van der Waals surface area contributed by atoms with Crippen molar-refractivity contribution in [1.29, 1.82) is 0 Å². The standard InChI is InChI=1S/C24H32N8O3S/c1-17-6-4-11-32(14-17)36(34,35)21-9-3-2-8-20(21)25-13-22(33)29-18-7-5-10-31(15-18)24-19-12-28-30-23(19)26-16-27-24/h2-3,8-9,12,16-18,25H,4-7,10-11,13-15H2,1H3,(H,29,33)(H,26,27,28,30)/t17?,18-/m1/s1. The first kappa shape index (κ1) is 24.4. The van der Waals surface area contributed by atoms with E-state index in [1.807, 2.05) is 0 Å². The van der Waals surface area contributed by atoms with Crippen molar-refractivity contribution in [2.45, 2.75) is 43.5 Å². The number of anilines is 2. The van der Waals surface area contributed by atoms with Crippen LogP contribution in [-0.4, -0.2) is 77.6 Å². The molecule has 2 aliphatic rings. The van der Waals surface area contributed by atoms with Crippen molar-refractivity contribution in [3.8, 4) is 0 Å². The number of aromatic amines is 1. The van der Waals surface area contributed by atoms with Crippen molar-refractivity contribution < 1.29 is 13.2 Å². The van der Waals surface area contributed by atoms with Crippen LogP contribution in [0.3, 0.4) is 0 Å². The number of nitrogens with zero attached hydrogens (tertiary/aromatic N) is 5. The lowest BCUT2D eigenvalue weighted by Gasteiger charge is -2.34. The molecule has 0 spiro atoms. The van der Waals surface area contributed by atoms with E-state index in [0.29, 0.717) is 36.9 Å². The van der Waals surface area contributed by atoms with Crippen LogP contribution in [0.4, 0.5) is 11.5 Å². The van der Waals surface area contributed by atoms with Crippen LogP contribution in [0.5, 0.6) is 0 Å². The third-order valence-corrected chi connectivity index (χ3v) is 8.80. The highest BCUT2D eigenvalue weighted by Gasteiger charge is 2.30. The summed E-state index contributed by atoms with van der Waals surface area (Å²) in [4.78, 5) is 23.8. The number of carbonyl (C=O) groups is 1. The lowest BCUT2D eigenvalue weighted by Crippen LogP contribution is -2.49. The Labute approximate surface area is 210 Å². The fraction of sp³-hybridized carbons (Fsp3) is 0.500. The lowest BCUT2D eigenvalue weighted by molar-refractivity contribution is -0.120. The maximum Gasteiger partial charge on any atom is 0.245 e. The number of fused-ring (bicyclic) bond motifs is 1. The van der Waals surface area contributed by atoms with Crippen LogP contribution >= 0.6 is 0 Å². The molecule has 3 N–H and O–H groups in total. The van der Waals surface area contributed by atoms with Crippen molar-refractivity contribution in [1.82, 2.24) is 29.8 Å². The van der Waals surface area contributed by atoms with Crippen molar-refractivity contribution in [3.63, 3.8) is 0 Å². The molecule has 0 saturated carbocycles. The molecule has 0 aliphatic carbocycles. The molecule has 11 nitrogen and oxygen atoms in total. The molecule has 1 aromatic carbocycles. The van der Waals surface area contributed by atoms with Gasteiger partial charge in [-0.1, -0.05) is 19.1 Å². The minimum atomic E-state index is -3.64. The molecular formula is C24H32N8O3S. The zero-order chi connectivity index (χ0) is 25.1. The number of H-pyrrole nitrogens is 1. The largest absolute Gasteiger partial charge is 0.375 e. The van der Waals surface area contributed by atoms with Gasteiger partial charge in [-0.05, 0) is 43.7 Å². The van der Waals surface area contributed by atoms with Gasteiger partial charge in [-0.2, -0.15) is 9.40 Å². The van der Waals surface area contributed by atoms with E-state index in [2.05, 4.69) is 42.6 Å². The van der Waals surface area contributed by atoms with Gasteiger partial charge >= 0.3 is 0 Å². The number of para-hydroxylation sites is 1. The van der Waals surface area contributed by atoms with E-state index in [4.69, 9.17) is 0 Å². The van der Waals surface area contributed by atoms with Crippen LogP contribution in [0.25, 0.3) is 11.0 Å². The minimum Gasteiger partial charge on any atom is -0.375 e. The zero-order valence-electron chi connectivity index (χ0n) is 20.4. The first-order chi connectivity index (χ1) is 17.4. The van der Waals surface area contributed by atoms with Crippen molar-refractivity contribution >= 4 is 38.5 Å². The van der Waals surface area contributed by atoms with Gasteiger partial charge in [0.25, 0.3) is 0 Å². The van der Waals surface area contributed by atoms with Crippen LogP contribution in [0, 0.1) is 5.92 Å². The van der Waals surface area contributed by atoms with Crippen molar-refractivity contribution in [3.05, 3.63) is 36.8 Å². The summed E-state index contributed by atoms with van der Waals surface area (Å²) in [6.45, 7) is 4.57. The number of amides is 1. The lowest BCUT2D eigenvalue weighted by atomic mass is 10.0. The van der Waals surface area contributed by atoms with Gasteiger partial charge in [0.1, 0.15) is 17.0 Å². The summed E-state index contributed by atoms with van der Waals surface area (Å²) in [5.74, 6) is 0.954. The quantitative estimate of drug-likeness (QED) is 0.437. The molecular weight excluding hydrogens is 480 g/mol. The number of carbonyl (C=O) groups excluding carboxylic acids is 1. The van der Waals surface area contributed by atoms with E-state index < -0.39 is 10.0 Å². The highest BCUT2D eigenvalue weighted by Crippen LogP contribution is 2.28. The average molecular weight is 513 g/mol. The van der Waals surface area contributed by atoms with Gasteiger partial charge in [0.15, 0.2) is 5.65 Å². The summed E-state index contributed by atoms with van der Waals surface area (Å²) in [5.41, 5.74) is 1.13. The van der Waals surface area contributed by atoms with E-state index in [1.54, 1.807) is 34.8 Å². The Kier molecular flexibility index (Phi) is 7.06. The van der Waals surface area contributed by atoms with Gasteiger partial charge in [0.05, 0.1) is 23.8 Å². The molecule has 192 valence electrons. The van der Waals surface area contributed by atoms with Gasteiger partial charge in [-0.15, -0.1) is 0 Å². The van der Waals surface area contributed by atoms with E-state index >= 15 is 0 Å². The Morgan fingerprint density at radius 2 is 1.97 bits per heavy atom. The van der Waals surface area contributed by atoms with Crippen molar-refractivity contribution in [2.75, 3.05) is 42.9 Å². The Morgan fingerprint density at radius 3 is 2.83 bits per heavy atom. The second-order valence-electron chi connectivity index (χ2n) is 9.64. The topological polar surface area (TPSA) is 136 Å². The summed E-state index contributed by atoms with van der Waals surface area (Å²) in [7, 11) is -3.64. The van der Waals surface area contributed by atoms with Crippen LogP contribution in [0.1, 0.15) is 32.6 Å². The third-order valence-electron chi connectivity index (χ3n) is 6.88. The van der Waals surface area contributed by atoms with Gasteiger partial charge in [0, 0.05) is 32.2 Å². The van der Waals surface area contributed by atoms with E-state index in [-0.39, 0.29) is 23.4 Å². The molecule has 5 rings (SSSR count). The van der Waals surface area contributed by atoms with E-state index in [0.717, 1.165) is 43.4 Å². The number of hydrogen-bond donors (Lipinski definition) is 3. The van der Waals surface area contributed by atoms with Gasteiger partial charge in [-0.3, -0.25) is 9.89 Å². The number of rotatable bonds is 7. The smallest absolute Gasteiger partial charge is 0.245 e. The fourth-order valence-electron chi connectivity index (χ4n) is 5.09. The fourth-order valence-corrected chi connectivity index (χ4v) is 6.85. The molecule has 2 saturated heterocycles. The molecule has 1 amide bonds. The number of benzene rings is 1. The molecule has 36 heavy (non-hydrogen) atoms. The number of nitrogens with one attached hydrogen (secondary N) is 3. The predicted molar refractivity (Wildman–Crippen MR) is 137 cm³/mol. The Bertz CT molecular complexity index is 1330. The minimum absolute atomic E-state index is 0.0150. The molecule has 0 bridgehead atoms. The second kappa shape index (κ2) is 10.4. The molecule has 0 radical (unpaired) electrons. The molecule has 2 atom stereocenters. The molecule has 2 aromatic heterocycles. The first-order valence-corrected chi connectivity index (χ1v) is 13.9. The SMILES string of the molecule is CC1CCCN(S(=O)(=O)c2ccccc2NCC(=O)N[C@@H]2CCCN(c3ncnc4[nH]ncc34)C2)C1. The monoisotopic (exact) mass is 512 g/mol. The van der Waals surface area contributed by atoms with Crippen molar-refractivity contribution in [2.24, 2.45) is 5.92 Å². The number of aromatic nitrogens is 4. The first-order valence-electron chi connectivity index (χ1n) is 12.4. The molecule has 1 unspecified atom stereocenters. The van der Waals surface area contributed by atoms with E-state index in [1.165, 1.54) is 6.33 Å². The third kappa shape index (κ3) is 5.14. The summed E-state index contributed by atoms with van der Waals surface area (Å²) in [5, 5.41) is 13.9. The summed E-state index contributed by atoms with van der Waals surface area (Å²) in [6.07, 6.45) is 6.90. The number of piperidine rings is 2. The normalized spacial score (nSPS) is 21.4. The van der Waals surface area contributed by atoms with Crippen LogP contribution < -0.4 is 15.5 Å². The molecule has 2 aliphatic heterocycles. The van der Waals surface area contributed by atoms with Gasteiger partial charge < -0.3 is 15.5 Å². The Balaban J connectivity index is 1.21. The molecule has 2 fully saturated rings. The Morgan fingerprint density at radius 1 is 1.14 bits per heavy atom. The second-order valence-corrected chi connectivity index (χ2v) is 11.5. The Hall–Kier alpha value is -3.25. The average Bonchev–Trinajstić information content (AvgIpc) is 3.37. The molecule has 12 heteroatoms. The predicted octanol–water partition coefficient (Wildman–Crippen LogP) is 1.97. The highest BCUT2D eigenvalue weighted by atomic mass is 32.2. The summed E-state index contributed by atoms with van der Waals surface area (Å²) < 4.78 is 28.2. The summed E-state index contributed by atoms with van der Waals surface area (Å²) >= 11 is 0. The maximum absolute atomic E-state index is 13.3.